The first-order chi connectivity index (χ1) is 10.1. The molecular formula is C15H15ClN2O3. The summed E-state index contributed by atoms with van der Waals surface area (Å²) >= 11 is 5.84. The molecule has 0 aliphatic rings. The molecule has 0 bridgehead atoms. The Morgan fingerprint density at radius 3 is 2.76 bits per heavy atom. The zero-order valence-corrected chi connectivity index (χ0v) is 12.5. The molecule has 1 N–H and O–H groups in total. The number of anilines is 1. The van der Waals surface area contributed by atoms with Gasteiger partial charge in [-0.1, -0.05) is 11.6 Å². The van der Waals surface area contributed by atoms with Crippen LogP contribution < -0.4 is 14.8 Å². The van der Waals surface area contributed by atoms with Gasteiger partial charge < -0.3 is 14.8 Å². The average Bonchev–Trinajstić information content (AvgIpc) is 2.48. The molecule has 0 saturated carbocycles. The largest absolute Gasteiger partial charge is 0.493 e. The van der Waals surface area contributed by atoms with Crippen molar-refractivity contribution in [2.75, 3.05) is 19.0 Å². The van der Waals surface area contributed by atoms with E-state index >= 15 is 0 Å². The molecule has 6 heteroatoms. The Bertz CT molecular complexity index is 647. The number of aromatic nitrogens is 1. The van der Waals surface area contributed by atoms with Crippen LogP contribution in [0.5, 0.6) is 11.5 Å². The van der Waals surface area contributed by atoms with Crippen molar-refractivity contribution in [1.82, 2.24) is 4.98 Å². The summed E-state index contributed by atoms with van der Waals surface area (Å²) in [6, 6.07) is 8.27. The lowest BCUT2D eigenvalue weighted by Crippen LogP contribution is -2.13. The van der Waals surface area contributed by atoms with Gasteiger partial charge in [0.15, 0.2) is 11.5 Å². The molecule has 0 spiro atoms. The molecule has 5 nitrogen and oxygen atoms in total. The molecule has 0 radical (unpaired) electrons. The van der Waals surface area contributed by atoms with E-state index in [1.807, 2.05) is 6.92 Å². The van der Waals surface area contributed by atoms with E-state index in [-0.39, 0.29) is 11.6 Å². The summed E-state index contributed by atoms with van der Waals surface area (Å²) in [5.74, 6) is 0.831. The number of hydrogen-bond donors (Lipinski definition) is 1. The smallest absolute Gasteiger partial charge is 0.274 e. The van der Waals surface area contributed by atoms with Crippen molar-refractivity contribution in [2.24, 2.45) is 0 Å². The van der Waals surface area contributed by atoms with Gasteiger partial charge in [0.2, 0.25) is 0 Å². The molecule has 1 amide bonds. The molecule has 0 atom stereocenters. The number of methoxy groups -OCH3 is 1. The molecular weight excluding hydrogens is 292 g/mol. The Kier molecular flexibility index (Phi) is 5.00. The number of ether oxygens (including phenoxy) is 2. The minimum Gasteiger partial charge on any atom is -0.493 e. The van der Waals surface area contributed by atoms with Crippen molar-refractivity contribution in [3.63, 3.8) is 0 Å². The van der Waals surface area contributed by atoms with E-state index in [1.165, 1.54) is 12.3 Å². The maximum Gasteiger partial charge on any atom is 0.274 e. The topological polar surface area (TPSA) is 60.5 Å². The molecule has 0 unspecified atom stereocenters. The molecule has 2 rings (SSSR count). The zero-order chi connectivity index (χ0) is 15.2. The minimum atomic E-state index is -0.342. The number of amides is 1. The summed E-state index contributed by atoms with van der Waals surface area (Å²) in [6.07, 6.45) is 1.48. The van der Waals surface area contributed by atoms with Gasteiger partial charge in [-0.05, 0) is 31.2 Å². The van der Waals surface area contributed by atoms with Crippen LogP contribution in [0, 0.1) is 0 Å². The van der Waals surface area contributed by atoms with E-state index in [0.29, 0.717) is 28.8 Å². The number of nitrogens with one attached hydrogen (secondary N) is 1. The Morgan fingerprint density at radius 1 is 1.29 bits per heavy atom. The second-order valence-corrected chi connectivity index (χ2v) is 4.55. The molecule has 1 aromatic heterocycles. The maximum absolute atomic E-state index is 12.1. The molecule has 2 aromatic rings. The normalized spacial score (nSPS) is 10.0. The third-order valence-electron chi connectivity index (χ3n) is 2.68. The quantitative estimate of drug-likeness (QED) is 0.919. The van der Waals surface area contributed by atoms with Crippen LogP contribution in [0.2, 0.25) is 5.02 Å². The Balaban J connectivity index is 2.19. The molecule has 0 saturated heterocycles. The Labute approximate surface area is 127 Å². The van der Waals surface area contributed by atoms with Crippen LogP contribution >= 0.6 is 11.6 Å². The average molecular weight is 307 g/mol. The standard InChI is InChI=1S/C15H15ClN2O3/c1-3-21-14-9-11(4-5-13(14)20-2)18-15(19)12-8-10(16)6-7-17-12/h4-9H,3H2,1-2H3,(H,18,19). The van der Waals surface area contributed by atoms with Crippen LogP contribution in [-0.2, 0) is 0 Å². The monoisotopic (exact) mass is 306 g/mol. The van der Waals surface area contributed by atoms with Gasteiger partial charge in [-0.3, -0.25) is 9.78 Å². The second kappa shape index (κ2) is 6.95. The Hall–Kier alpha value is -2.27. The van der Waals surface area contributed by atoms with E-state index in [4.69, 9.17) is 21.1 Å². The van der Waals surface area contributed by atoms with Gasteiger partial charge in [-0.15, -0.1) is 0 Å². The van der Waals surface area contributed by atoms with Crippen LogP contribution in [0.1, 0.15) is 17.4 Å². The fourth-order valence-corrected chi connectivity index (χ4v) is 1.91. The highest BCUT2D eigenvalue weighted by Crippen LogP contribution is 2.30. The summed E-state index contributed by atoms with van der Waals surface area (Å²) in [7, 11) is 1.56. The lowest BCUT2D eigenvalue weighted by Gasteiger charge is -2.11. The van der Waals surface area contributed by atoms with Crippen molar-refractivity contribution in [2.45, 2.75) is 6.92 Å². The van der Waals surface area contributed by atoms with Crippen LogP contribution in [0.25, 0.3) is 0 Å². The van der Waals surface area contributed by atoms with Gasteiger partial charge in [-0.2, -0.15) is 0 Å². The molecule has 0 aliphatic heterocycles. The molecule has 0 aliphatic carbocycles. The molecule has 1 heterocycles. The molecule has 1 aromatic carbocycles. The number of rotatable bonds is 5. The fraction of sp³-hybridized carbons (Fsp3) is 0.200. The highest BCUT2D eigenvalue weighted by molar-refractivity contribution is 6.30. The SMILES string of the molecule is CCOc1cc(NC(=O)c2cc(Cl)ccn2)ccc1OC. The zero-order valence-electron chi connectivity index (χ0n) is 11.7. The number of carbonyl (C=O) groups excluding carboxylic acids is 1. The van der Waals surface area contributed by atoms with Crippen LogP contribution in [-0.4, -0.2) is 24.6 Å². The summed E-state index contributed by atoms with van der Waals surface area (Å²) in [4.78, 5) is 16.1. The van der Waals surface area contributed by atoms with Crippen molar-refractivity contribution >= 4 is 23.2 Å². The Morgan fingerprint density at radius 2 is 2.10 bits per heavy atom. The van der Waals surface area contributed by atoms with E-state index in [9.17, 15) is 4.79 Å². The summed E-state index contributed by atoms with van der Waals surface area (Å²) < 4.78 is 10.7. The van der Waals surface area contributed by atoms with Crippen molar-refractivity contribution < 1.29 is 14.3 Å². The third kappa shape index (κ3) is 3.86. The lowest BCUT2D eigenvalue weighted by atomic mass is 10.2. The van der Waals surface area contributed by atoms with E-state index in [2.05, 4.69) is 10.3 Å². The van der Waals surface area contributed by atoms with Gasteiger partial charge in [0.1, 0.15) is 5.69 Å². The van der Waals surface area contributed by atoms with Gasteiger partial charge in [-0.25, -0.2) is 0 Å². The summed E-state index contributed by atoms with van der Waals surface area (Å²) in [5, 5.41) is 3.20. The fourth-order valence-electron chi connectivity index (χ4n) is 1.75. The summed E-state index contributed by atoms with van der Waals surface area (Å²) in [6.45, 7) is 2.38. The summed E-state index contributed by atoms with van der Waals surface area (Å²) in [5.41, 5.74) is 0.835. The molecule has 21 heavy (non-hydrogen) atoms. The number of hydrogen-bond acceptors (Lipinski definition) is 4. The van der Waals surface area contributed by atoms with E-state index in [1.54, 1.807) is 31.4 Å². The number of halogens is 1. The highest BCUT2D eigenvalue weighted by atomic mass is 35.5. The van der Waals surface area contributed by atoms with Crippen molar-refractivity contribution in [3.8, 4) is 11.5 Å². The van der Waals surface area contributed by atoms with Crippen LogP contribution in [0.4, 0.5) is 5.69 Å². The molecule has 0 fully saturated rings. The van der Waals surface area contributed by atoms with E-state index < -0.39 is 0 Å². The van der Waals surface area contributed by atoms with Gasteiger partial charge in [0.05, 0.1) is 13.7 Å². The first kappa shape index (κ1) is 15.1. The predicted molar refractivity (Wildman–Crippen MR) is 81.4 cm³/mol. The number of nitrogens with zero attached hydrogens (tertiary/aromatic N) is 1. The van der Waals surface area contributed by atoms with Crippen LogP contribution in [0.3, 0.4) is 0 Å². The number of carbonyl (C=O) groups is 1. The van der Waals surface area contributed by atoms with E-state index in [0.717, 1.165) is 0 Å². The van der Waals surface area contributed by atoms with Gasteiger partial charge in [0, 0.05) is 23.0 Å². The van der Waals surface area contributed by atoms with Crippen LogP contribution in [0.15, 0.2) is 36.5 Å². The maximum atomic E-state index is 12.1. The first-order valence-electron chi connectivity index (χ1n) is 6.37. The van der Waals surface area contributed by atoms with Gasteiger partial charge in [0.25, 0.3) is 5.91 Å². The highest BCUT2D eigenvalue weighted by Gasteiger charge is 2.11. The number of benzene rings is 1. The molecule has 110 valence electrons. The van der Waals surface area contributed by atoms with Crippen molar-refractivity contribution in [1.29, 1.82) is 0 Å². The second-order valence-electron chi connectivity index (χ2n) is 4.11. The number of pyridine rings is 1. The van der Waals surface area contributed by atoms with Crippen molar-refractivity contribution in [3.05, 3.63) is 47.2 Å². The third-order valence-corrected chi connectivity index (χ3v) is 2.91. The lowest BCUT2D eigenvalue weighted by molar-refractivity contribution is 0.102. The van der Waals surface area contributed by atoms with Gasteiger partial charge >= 0.3 is 0 Å². The first-order valence-corrected chi connectivity index (χ1v) is 6.75. The minimum absolute atomic E-state index is 0.247. The predicted octanol–water partition coefficient (Wildman–Crippen LogP) is 3.39.